The third-order valence-electron chi connectivity index (χ3n) is 4.75. The number of carbonyl (C=O) groups excluding carboxylic acids is 1. The number of aryl methyl sites for hydroxylation is 1. The maximum absolute atomic E-state index is 12.7. The highest BCUT2D eigenvalue weighted by Crippen LogP contribution is 2.26. The number of nitrogens with zero attached hydrogens (tertiary/aromatic N) is 3. The third-order valence-corrected chi connectivity index (χ3v) is 4.98. The van der Waals surface area contributed by atoms with Gasteiger partial charge in [-0.05, 0) is 51.8 Å². The Kier molecular flexibility index (Phi) is 5.08. The van der Waals surface area contributed by atoms with E-state index in [1.807, 2.05) is 20.8 Å². The molecule has 1 aromatic carbocycles. The van der Waals surface area contributed by atoms with Crippen molar-refractivity contribution in [2.24, 2.45) is 7.05 Å². The van der Waals surface area contributed by atoms with Crippen LogP contribution >= 0.6 is 11.6 Å². The number of ether oxygens (including phenoxy) is 1. The number of benzene rings is 1. The fourth-order valence-electron chi connectivity index (χ4n) is 3.43. The Labute approximate surface area is 162 Å². The monoisotopic (exact) mass is 393 g/mol. The van der Waals surface area contributed by atoms with Gasteiger partial charge in [-0.3, -0.25) is 14.2 Å². The first-order chi connectivity index (χ1) is 12.6. The van der Waals surface area contributed by atoms with Crippen molar-refractivity contribution in [3.05, 3.63) is 43.9 Å². The van der Waals surface area contributed by atoms with Gasteiger partial charge in [-0.15, -0.1) is 0 Å². The van der Waals surface area contributed by atoms with E-state index < -0.39 is 16.7 Å². The number of halogens is 1. The SMILES string of the molecule is Cn1c(=O)c(=O)n(C2CCN(C(=O)OC(C)(C)C)CC2)c2ccc(Cl)cc21. The molecule has 1 aromatic heterocycles. The van der Waals surface area contributed by atoms with Gasteiger partial charge in [0.1, 0.15) is 5.60 Å². The van der Waals surface area contributed by atoms with Crippen molar-refractivity contribution in [1.29, 1.82) is 0 Å². The van der Waals surface area contributed by atoms with Crippen LogP contribution in [0.4, 0.5) is 4.79 Å². The number of aromatic nitrogens is 2. The molecule has 1 fully saturated rings. The number of hydrogen-bond acceptors (Lipinski definition) is 4. The van der Waals surface area contributed by atoms with Gasteiger partial charge >= 0.3 is 17.2 Å². The summed E-state index contributed by atoms with van der Waals surface area (Å²) >= 11 is 6.07. The summed E-state index contributed by atoms with van der Waals surface area (Å²) < 4.78 is 8.30. The zero-order valence-corrected chi connectivity index (χ0v) is 16.7. The molecule has 1 aliphatic heterocycles. The lowest BCUT2D eigenvalue weighted by Crippen LogP contribution is -2.46. The molecule has 1 aliphatic rings. The molecular weight excluding hydrogens is 370 g/mol. The summed E-state index contributed by atoms with van der Waals surface area (Å²) in [5.74, 6) is 0. The van der Waals surface area contributed by atoms with Gasteiger partial charge in [0.25, 0.3) is 0 Å². The minimum atomic E-state index is -0.584. The predicted molar refractivity (Wildman–Crippen MR) is 105 cm³/mol. The summed E-state index contributed by atoms with van der Waals surface area (Å²) in [5, 5.41) is 0.502. The highest BCUT2D eigenvalue weighted by Gasteiger charge is 2.29. The van der Waals surface area contributed by atoms with Crippen LogP contribution in [-0.4, -0.2) is 38.8 Å². The van der Waals surface area contributed by atoms with Gasteiger partial charge in [0, 0.05) is 31.2 Å². The quantitative estimate of drug-likeness (QED) is 0.698. The number of rotatable bonds is 1. The van der Waals surface area contributed by atoms with E-state index >= 15 is 0 Å². The Hall–Kier alpha value is -2.28. The molecule has 2 heterocycles. The average molecular weight is 394 g/mol. The van der Waals surface area contributed by atoms with Gasteiger partial charge in [0.05, 0.1) is 11.0 Å². The van der Waals surface area contributed by atoms with Crippen molar-refractivity contribution in [3.8, 4) is 0 Å². The fraction of sp³-hybridized carbons (Fsp3) is 0.526. The molecule has 7 nitrogen and oxygen atoms in total. The zero-order chi connectivity index (χ0) is 19.9. The van der Waals surface area contributed by atoms with Crippen LogP contribution in [0.3, 0.4) is 0 Å². The first-order valence-electron chi connectivity index (χ1n) is 8.97. The van der Waals surface area contributed by atoms with Crippen LogP contribution < -0.4 is 11.1 Å². The molecule has 8 heteroatoms. The molecule has 2 aromatic rings. The highest BCUT2D eigenvalue weighted by atomic mass is 35.5. The molecule has 0 N–H and O–H groups in total. The molecule has 0 unspecified atom stereocenters. The van der Waals surface area contributed by atoms with Crippen LogP contribution in [0.2, 0.25) is 5.02 Å². The van der Waals surface area contributed by atoms with E-state index in [2.05, 4.69) is 0 Å². The van der Waals surface area contributed by atoms with Crippen molar-refractivity contribution in [2.45, 2.75) is 45.3 Å². The second kappa shape index (κ2) is 7.03. The molecule has 1 saturated heterocycles. The highest BCUT2D eigenvalue weighted by molar-refractivity contribution is 6.31. The zero-order valence-electron chi connectivity index (χ0n) is 16.0. The number of piperidine rings is 1. The van der Waals surface area contributed by atoms with Gasteiger partial charge < -0.3 is 14.2 Å². The van der Waals surface area contributed by atoms with E-state index in [1.165, 1.54) is 4.57 Å². The van der Waals surface area contributed by atoms with Gasteiger partial charge in [-0.2, -0.15) is 0 Å². The van der Waals surface area contributed by atoms with E-state index in [9.17, 15) is 14.4 Å². The lowest BCUT2D eigenvalue weighted by Gasteiger charge is -2.34. The van der Waals surface area contributed by atoms with Gasteiger partial charge in [0.2, 0.25) is 0 Å². The van der Waals surface area contributed by atoms with E-state index in [4.69, 9.17) is 16.3 Å². The molecule has 0 spiro atoms. The predicted octanol–water partition coefficient (Wildman–Crippen LogP) is 2.93. The first kappa shape index (κ1) is 19.5. The first-order valence-corrected chi connectivity index (χ1v) is 9.35. The lowest BCUT2D eigenvalue weighted by atomic mass is 10.0. The average Bonchev–Trinajstić information content (AvgIpc) is 2.59. The maximum atomic E-state index is 12.7. The Morgan fingerprint density at radius 2 is 1.74 bits per heavy atom. The van der Waals surface area contributed by atoms with E-state index in [0.29, 0.717) is 42.0 Å². The largest absolute Gasteiger partial charge is 0.444 e. The Morgan fingerprint density at radius 3 is 2.33 bits per heavy atom. The standard InChI is InChI=1S/C19H24ClN3O4/c1-19(2,3)27-18(26)22-9-7-13(8-10-22)23-14-6-5-12(20)11-15(14)21(4)16(24)17(23)25/h5-6,11,13H,7-10H2,1-4H3. The van der Waals surface area contributed by atoms with Gasteiger partial charge in [-0.1, -0.05) is 11.6 Å². The third kappa shape index (κ3) is 3.88. The molecule has 3 rings (SSSR count). The van der Waals surface area contributed by atoms with Crippen LogP contribution in [0.1, 0.15) is 39.7 Å². The minimum absolute atomic E-state index is 0.159. The lowest BCUT2D eigenvalue weighted by molar-refractivity contribution is 0.0188. The molecular formula is C19H24ClN3O4. The summed E-state index contributed by atoms with van der Waals surface area (Å²) in [6, 6.07) is 5.00. The van der Waals surface area contributed by atoms with Crippen LogP contribution in [0.25, 0.3) is 11.0 Å². The van der Waals surface area contributed by atoms with Crippen LogP contribution in [0.5, 0.6) is 0 Å². The van der Waals surface area contributed by atoms with Crippen molar-refractivity contribution in [1.82, 2.24) is 14.0 Å². The van der Waals surface area contributed by atoms with Crippen molar-refractivity contribution in [3.63, 3.8) is 0 Å². The molecule has 27 heavy (non-hydrogen) atoms. The van der Waals surface area contributed by atoms with Crippen molar-refractivity contribution in [2.75, 3.05) is 13.1 Å². The normalized spacial score (nSPS) is 16.0. The molecule has 0 radical (unpaired) electrons. The second-order valence-electron chi connectivity index (χ2n) is 7.87. The Balaban J connectivity index is 1.91. The maximum Gasteiger partial charge on any atom is 0.410 e. The number of hydrogen-bond donors (Lipinski definition) is 0. The van der Waals surface area contributed by atoms with Crippen LogP contribution in [-0.2, 0) is 11.8 Å². The molecule has 1 amide bonds. The van der Waals surface area contributed by atoms with E-state index in [0.717, 1.165) is 0 Å². The Morgan fingerprint density at radius 1 is 1.11 bits per heavy atom. The van der Waals surface area contributed by atoms with Crippen LogP contribution in [0, 0.1) is 0 Å². The summed E-state index contributed by atoms with van der Waals surface area (Å²) in [7, 11) is 1.57. The summed E-state index contributed by atoms with van der Waals surface area (Å²) in [6.45, 7) is 6.42. The number of fused-ring (bicyclic) bond motifs is 1. The van der Waals surface area contributed by atoms with E-state index in [-0.39, 0.29) is 12.1 Å². The molecule has 0 aliphatic carbocycles. The number of likely N-dealkylation sites (tertiary alicyclic amines) is 1. The van der Waals surface area contributed by atoms with Gasteiger partial charge in [-0.25, -0.2) is 4.79 Å². The van der Waals surface area contributed by atoms with Crippen molar-refractivity contribution < 1.29 is 9.53 Å². The topological polar surface area (TPSA) is 73.5 Å². The summed E-state index contributed by atoms with van der Waals surface area (Å²) in [6.07, 6.45) is 0.794. The Bertz CT molecular complexity index is 995. The fourth-order valence-corrected chi connectivity index (χ4v) is 3.60. The summed E-state index contributed by atoms with van der Waals surface area (Å²) in [4.78, 5) is 39.0. The molecule has 0 atom stereocenters. The minimum Gasteiger partial charge on any atom is -0.444 e. The molecule has 146 valence electrons. The van der Waals surface area contributed by atoms with E-state index in [1.54, 1.807) is 34.7 Å². The second-order valence-corrected chi connectivity index (χ2v) is 8.31. The van der Waals surface area contributed by atoms with Crippen LogP contribution in [0.15, 0.2) is 27.8 Å². The molecule has 0 saturated carbocycles. The van der Waals surface area contributed by atoms with Gasteiger partial charge in [0.15, 0.2) is 0 Å². The number of carbonyl (C=O) groups is 1. The smallest absolute Gasteiger partial charge is 0.410 e. The van der Waals surface area contributed by atoms with Crippen molar-refractivity contribution >= 4 is 28.7 Å². The summed E-state index contributed by atoms with van der Waals surface area (Å²) in [5.41, 5.74) is -0.405. The molecule has 0 bridgehead atoms. The number of amides is 1.